The zero-order valence-electron chi connectivity index (χ0n) is 6.18. The van der Waals surface area contributed by atoms with Crippen LogP contribution in [0.3, 0.4) is 0 Å². The highest BCUT2D eigenvalue weighted by Gasteiger charge is 2.40. The van der Waals surface area contributed by atoms with Gasteiger partial charge in [0.15, 0.2) is 0 Å². The Hall–Kier alpha value is -0.0800. The van der Waals surface area contributed by atoms with Crippen LogP contribution in [0.4, 0.5) is 0 Å². The van der Waals surface area contributed by atoms with Crippen LogP contribution in [-0.4, -0.2) is 18.2 Å². The smallest absolute Gasteiger partial charge is 0.0988 e. The van der Waals surface area contributed by atoms with Crippen LogP contribution in [0.5, 0.6) is 0 Å². The Morgan fingerprint density at radius 1 is 1.56 bits per heavy atom. The average molecular weight is 129 g/mol. The fourth-order valence-electron chi connectivity index (χ4n) is 1.09. The molecule has 0 radical (unpaired) electrons. The minimum atomic E-state index is -0.0278. The number of epoxide rings is 1. The second-order valence-corrected chi connectivity index (χ2v) is 2.76. The summed E-state index contributed by atoms with van der Waals surface area (Å²) in [6.07, 6.45) is 2.40. The molecule has 2 heteroatoms. The molecule has 1 atom stereocenters. The standard InChI is InChI=1S/C7H15NO/c1-3-7(8,4-2)6-5-9-6/h6H,3-5,8H2,1-2H3. The lowest BCUT2D eigenvalue weighted by Crippen LogP contribution is -2.44. The molecule has 2 nitrogen and oxygen atoms in total. The summed E-state index contributed by atoms with van der Waals surface area (Å²) in [6.45, 7) is 5.11. The molecule has 0 aromatic heterocycles. The molecule has 0 amide bonds. The number of ether oxygens (including phenoxy) is 1. The highest BCUT2D eigenvalue weighted by molar-refractivity contribution is 4.96. The van der Waals surface area contributed by atoms with E-state index in [9.17, 15) is 0 Å². The topological polar surface area (TPSA) is 38.5 Å². The maximum atomic E-state index is 5.98. The summed E-state index contributed by atoms with van der Waals surface area (Å²) >= 11 is 0. The summed E-state index contributed by atoms with van der Waals surface area (Å²) in [5.74, 6) is 0. The van der Waals surface area contributed by atoms with E-state index in [4.69, 9.17) is 10.5 Å². The first-order valence-corrected chi connectivity index (χ1v) is 3.63. The maximum absolute atomic E-state index is 5.98. The van der Waals surface area contributed by atoms with Gasteiger partial charge in [0.1, 0.15) is 0 Å². The lowest BCUT2D eigenvalue weighted by atomic mass is 9.91. The molecule has 0 spiro atoms. The van der Waals surface area contributed by atoms with Crippen molar-refractivity contribution in [1.29, 1.82) is 0 Å². The van der Waals surface area contributed by atoms with Gasteiger partial charge in [0.25, 0.3) is 0 Å². The SMILES string of the molecule is CCC(N)(CC)C1CO1. The van der Waals surface area contributed by atoms with E-state index in [1.165, 1.54) is 0 Å². The zero-order chi connectivity index (χ0) is 6.91. The van der Waals surface area contributed by atoms with E-state index in [0.717, 1.165) is 19.4 Å². The summed E-state index contributed by atoms with van der Waals surface area (Å²) in [5, 5.41) is 0. The second-order valence-electron chi connectivity index (χ2n) is 2.76. The van der Waals surface area contributed by atoms with Crippen LogP contribution < -0.4 is 5.73 Å². The van der Waals surface area contributed by atoms with Gasteiger partial charge in [-0.3, -0.25) is 0 Å². The van der Waals surface area contributed by atoms with E-state index in [1.54, 1.807) is 0 Å². The minimum Gasteiger partial charge on any atom is -0.371 e. The molecule has 0 aromatic rings. The molecule has 0 aromatic carbocycles. The number of rotatable bonds is 3. The van der Waals surface area contributed by atoms with Gasteiger partial charge in [0, 0.05) is 5.54 Å². The molecule has 0 saturated carbocycles. The lowest BCUT2D eigenvalue weighted by Gasteiger charge is -2.23. The van der Waals surface area contributed by atoms with Crippen LogP contribution in [-0.2, 0) is 4.74 Å². The predicted molar refractivity (Wildman–Crippen MR) is 37.2 cm³/mol. The number of nitrogens with two attached hydrogens (primary N) is 1. The summed E-state index contributed by atoms with van der Waals surface area (Å²) in [4.78, 5) is 0. The molecule has 0 aliphatic carbocycles. The van der Waals surface area contributed by atoms with Crippen molar-refractivity contribution in [2.24, 2.45) is 5.73 Å². The maximum Gasteiger partial charge on any atom is 0.0988 e. The monoisotopic (exact) mass is 129 g/mol. The van der Waals surface area contributed by atoms with Gasteiger partial charge >= 0.3 is 0 Å². The first-order chi connectivity index (χ1) is 4.23. The largest absolute Gasteiger partial charge is 0.371 e. The highest BCUT2D eigenvalue weighted by atomic mass is 16.6. The Balaban J connectivity index is 2.43. The van der Waals surface area contributed by atoms with Gasteiger partial charge in [-0.2, -0.15) is 0 Å². The quantitative estimate of drug-likeness (QED) is 0.575. The van der Waals surface area contributed by atoms with E-state index in [0.29, 0.717) is 6.10 Å². The molecular weight excluding hydrogens is 114 g/mol. The van der Waals surface area contributed by atoms with E-state index < -0.39 is 0 Å². The minimum absolute atomic E-state index is 0.0278. The molecule has 1 fully saturated rings. The van der Waals surface area contributed by atoms with Crippen molar-refractivity contribution in [3.8, 4) is 0 Å². The van der Waals surface area contributed by atoms with E-state index in [-0.39, 0.29) is 5.54 Å². The normalized spacial score (nSPS) is 26.3. The summed E-state index contributed by atoms with van der Waals surface area (Å²) in [5.41, 5.74) is 5.95. The molecule has 2 N–H and O–H groups in total. The average Bonchev–Trinajstić information content (AvgIpc) is 2.68. The molecular formula is C7H15NO. The third kappa shape index (κ3) is 1.25. The summed E-state index contributed by atoms with van der Waals surface area (Å²) < 4.78 is 5.13. The first kappa shape index (κ1) is 7.03. The van der Waals surface area contributed by atoms with Gasteiger partial charge < -0.3 is 10.5 Å². The van der Waals surface area contributed by atoms with Crippen LogP contribution in [0.15, 0.2) is 0 Å². The Kier molecular flexibility index (Phi) is 1.78. The van der Waals surface area contributed by atoms with Crippen LogP contribution in [0.25, 0.3) is 0 Å². The van der Waals surface area contributed by atoms with Crippen molar-refractivity contribution in [2.75, 3.05) is 6.61 Å². The fraction of sp³-hybridized carbons (Fsp3) is 1.00. The molecule has 1 heterocycles. The first-order valence-electron chi connectivity index (χ1n) is 3.63. The molecule has 1 aliphatic rings. The third-order valence-electron chi connectivity index (χ3n) is 2.29. The van der Waals surface area contributed by atoms with Crippen molar-refractivity contribution in [3.05, 3.63) is 0 Å². The van der Waals surface area contributed by atoms with Gasteiger partial charge in [-0.25, -0.2) is 0 Å². The van der Waals surface area contributed by atoms with Gasteiger partial charge in [0.2, 0.25) is 0 Å². The Labute approximate surface area is 56.4 Å². The van der Waals surface area contributed by atoms with Crippen molar-refractivity contribution in [1.82, 2.24) is 0 Å². The van der Waals surface area contributed by atoms with Crippen LogP contribution >= 0.6 is 0 Å². The van der Waals surface area contributed by atoms with Crippen LogP contribution in [0, 0.1) is 0 Å². The molecule has 1 rings (SSSR count). The molecule has 9 heavy (non-hydrogen) atoms. The third-order valence-corrected chi connectivity index (χ3v) is 2.29. The second kappa shape index (κ2) is 2.27. The number of hydrogen-bond donors (Lipinski definition) is 1. The molecule has 54 valence electrons. The summed E-state index contributed by atoms with van der Waals surface area (Å²) in [7, 11) is 0. The Bertz CT molecular complexity index is 95.1. The Morgan fingerprint density at radius 2 is 2.00 bits per heavy atom. The predicted octanol–water partition coefficient (Wildman–Crippen LogP) is 0.903. The fourth-order valence-corrected chi connectivity index (χ4v) is 1.09. The van der Waals surface area contributed by atoms with Crippen molar-refractivity contribution in [2.45, 2.75) is 38.3 Å². The summed E-state index contributed by atoms with van der Waals surface area (Å²) in [6, 6.07) is 0. The van der Waals surface area contributed by atoms with Crippen LogP contribution in [0.1, 0.15) is 26.7 Å². The van der Waals surface area contributed by atoms with Crippen molar-refractivity contribution < 1.29 is 4.74 Å². The van der Waals surface area contributed by atoms with E-state index in [1.807, 2.05) is 0 Å². The zero-order valence-corrected chi connectivity index (χ0v) is 6.18. The van der Waals surface area contributed by atoms with Gasteiger partial charge in [0.05, 0.1) is 12.7 Å². The van der Waals surface area contributed by atoms with Crippen LogP contribution in [0.2, 0.25) is 0 Å². The number of hydrogen-bond acceptors (Lipinski definition) is 2. The molecule has 1 saturated heterocycles. The van der Waals surface area contributed by atoms with Gasteiger partial charge in [-0.05, 0) is 12.8 Å². The Morgan fingerprint density at radius 3 is 2.11 bits per heavy atom. The van der Waals surface area contributed by atoms with Gasteiger partial charge in [-0.1, -0.05) is 13.8 Å². The molecule has 1 unspecified atom stereocenters. The van der Waals surface area contributed by atoms with Crippen molar-refractivity contribution in [3.63, 3.8) is 0 Å². The molecule has 0 bridgehead atoms. The van der Waals surface area contributed by atoms with Gasteiger partial charge in [-0.15, -0.1) is 0 Å². The highest BCUT2D eigenvalue weighted by Crippen LogP contribution is 2.27. The molecule has 1 aliphatic heterocycles. The van der Waals surface area contributed by atoms with Crippen molar-refractivity contribution >= 4 is 0 Å². The lowest BCUT2D eigenvalue weighted by molar-refractivity contribution is 0.271. The van der Waals surface area contributed by atoms with E-state index in [2.05, 4.69) is 13.8 Å². The van der Waals surface area contributed by atoms with E-state index >= 15 is 0 Å².